The van der Waals surface area contributed by atoms with Crippen molar-refractivity contribution in [2.24, 2.45) is 0 Å². The van der Waals surface area contributed by atoms with Gasteiger partial charge >= 0.3 is 0 Å². The molecule has 1 amide bonds. The highest BCUT2D eigenvalue weighted by Crippen LogP contribution is 2.30. The van der Waals surface area contributed by atoms with Crippen LogP contribution in [0, 0.1) is 11.6 Å². The van der Waals surface area contributed by atoms with Crippen molar-refractivity contribution in [1.29, 1.82) is 0 Å². The number of fused-ring (bicyclic) bond motifs is 3. The van der Waals surface area contributed by atoms with Gasteiger partial charge in [-0.2, -0.15) is 0 Å². The first-order valence-corrected chi connectivity index (χ1v) is 14.2. The van der Waals surface area contributed by atoms with Crippen molar-refractivity contribution in [2.75, 3.05) is 44.2 Å². The highest BCUT2D eigenvalue weighted by atomic mass is 19.2. The molecule has 1 N–H and O–H groups in total. The normalized spacial score (nSPS) is 15.8. The molecule has 0 spiro atoms. The molecule has 2 aromatic heterocycles. The summed E-state index contributed by atoms with van der Waals surface area (Å²) in [7, 11) is 0. The summed E-state index contributed by atoms with van der Waals surface area (Å²) in [5.74, 6) is -1.03. The Labute approximate surface area is 232 Å². The lowest BCUT2D eigenvalue weighted by Crippen LogP contribution is -2.47. The molecule has 9 heteroatoms. The van der Waals surface area contributed by atoms with E-state index in [1.54, 1.807) is 6.07 Å². The molecule has 4 aromatic rings. The van der Waals surface area contributed by atoms with Gasteiger partial charge in [0.2, 0.25) is 5.95 Å². The maximum absolute atomic E-state index is 13.5. The minimum atomic E-state index is -0.814. The van der Waals surface area contributed by atoms with Crippen molar-refractivity contribution in [1.82, 2.24) is 24.8 Å². The lowest BCUT2D eigenvalue weighted by Gasteiger charge is -2.34. The van der Waals surface area contributed by atoms with Crippen LogP contribution in [0.1, 0.15) is 40.0 Å². The van der Waals surface area contributed by atoms with Gasteiger partial charge in [0.05, 0.1) is 17.3 Å². The Morgan fingerprint density at radius 3 is 2.52 bits per heavy atom. The molecule has 7 nitrogen and oxygen atoms in total. The Morgan fingerprint density at radius 1 is 0.900 bits per heavy atom. The van der Waals surface area contributed by atoms with Gasteiger partial charge in [-0.1, -0.05) is 36.4 Å². The van der Waals surface area contributed by atoms with E-state index in [4.69, 9.17) is 9.97 Å². The van der Waals surface area contributed by atoms with Gasteiger partial charge in [-0.15, -0.1) is 0 Å². The molecule has 2 aliphatic heterocycles. The number of piperazine rings is 1. The molecular formula is C31H34F2N6O. The van der Waals surface area contributed by atoms with E-state index in [0.717, 1.165) is 87.2 Å². The van der Waals surface area contributed by atoms with Crippen molar-refractivity contribution in [3.63, 3.8) is 0 Å². The van der Waals surface area contributed by atoms with Crippen LogP contribution in [-0.4, -0.2) is 64.6 Å². The number of anilines is 1. The number of hydrogen-bond donors (Lipinski definition) is 1. The Morgan fingerprint density at radius 2 is 1.73 bits per heavy atom. The van der Waals surface area contributed by atoms with Gasteiger partial charge in [0.15, 0.2) is 11.6 Å². The van der Waals surface area contributed by atoms with Crippen molar-refractivity contribution in [3.8, 4) is 0 Å². The smallest absolute Gasteiger partial charge is 0.255 e. The number of aryl methyl sites for hydroxylation is 1. The van der Waals surface area contributed by atoms with Crippen LogP contribution in [0.3, 0.4) is 0 Å². The first-order chi connectivity index (χ1) is 19.6. The number of rotatable bonds is 8. The third-order valence-electron chi connectivity index (χ3n) is 8.07. The van der Waals surface area contributed by atoms with E-state index in [9.17, 15) is 13.6 Å². The summed E-state index contributed by atoms with van der Waals surface area (Å²) in [6.07, 6.45) is 6.33. The SMILES string of the molecule is O=C(NCCc1ccccc1)c1c2n(c3cnc(N4CCN(CCc5ccc(F)c(F)c5)CC4)nc13)CCCC2. The average molecular weight is 545 g/mol. The molecule has 0 unspecified atom stereocenters. The quantitative estimate of drug-likeness (QED) is 0.357. The number of nitrogens with zero attached hydrogens (tertiary/aromatic N) is 5. The second-order valence-corrected chi connectivity index (χ2v) is 10.7. The molecule has 0 aliphatic carbocycles. The van der Waals surface area contributed by atoms with Gasteiger partial charge in [0.1, 0.15) is 5.52 Å². The fraction of sp³-hybridized carbons (Fsp3) is 0.387. The zero-order valence-corrected chi connectivity index (χ0v) is 22.6. The molecule has 0 bridgehead atoms. The number of halogens is 2. The zero-order valence-electron chi connectivity index (χ0n) is 22.6. The highest BCUT2D eigenvalue weighted by molar-refractivity contribution is 6.07. The van der Waals surface area contributed by atoms with Crippen LogP contribution in [0.5, 0.6) is 0 Å². The highest BCUT2D eigenvalue weighted by Gasteiger charge is 2.27. The topological polar surface area (TPSA) is 66.3 Å². The number of nitrogens with one attached hydrogen (secondary N) is 1. The Bertz CT molecular complexity index is 1500. The minimum absolute atomic E-state index is 0.0664. The summed E-state index contributed by atoms with van der Waals surface area (Å²) in [5, 5.41) is 3.14. The molecule has 4 heterocycles. The van der Waals surface area contributed by atoms with E-state index in [0.29, 0.717) is 24.5 Å². The predicted molar refractivity (Wildman–Crippen MR) is 152 cm³/mol. The van der Waals surface area contributed by atoms with E-state index >= 15 is 0 Å². The Balaban J connectivity index is 1.14. The first kappa shape index (κ1) is 26.4. The van der Waals surface area contributed by atoms with E-state index in [2.05, 4.69) is 31.8 Å². The van der Waals surface area contributed by atoms with Crippen molar-refractivity contribution in [3.05, 3.63) is 88.7 Å². The number of amides is 1. The van der Waals surface area contributed by atoms with Gasteiger partial charge in [-0.3, -0.25) is 9.69 Å². The number of hydrogen-bond acceptors (Lipinski definition) is 5. The summed E-state index contributed by atoms with van der Waals surface area (Å²) in [6, 6.07) is 14.3. The van der Waals surface area contributed by atoms with Crippen LogP contribution in [0.15, 0.2) is 54.7 Å². The molecule has 40 heavy (non-hydrogen) atoms. The minimum Gasteiger partial charge on any atom is -0.352 e. The summed E-state index contributed by atoms with van der Waals surface area (Å²) < 4.78 is 29.0. The molecule has 208 valence electrons. The molecule has 1 saturated heterocycles. The summed E-state index contributed by atoms with van der Waals surface area (Å²) in [4.78, 5) is 27.7. The molecule has 2 aromatic carbocycles. The van der Waals surface area contributed by atoms with Crippen LogP contribution >= 0.6 is 0 Å². The summed E-state index contributed by atoms with van der Waals surface area (Å²) in [6.45, 7) is 5.39. The van der Waals surface area contributed by atoms with Gasteiger partial charge in [0.25, 0.3) is 5.91 Å². The first-order valence-electron chi connectivity index (χ1n) is 14.2. The molecule has 0 atom stereocenters. The van der Waals surface area contributed by atoms with Crippen molar-refractivity contribution < 1.29 is 13.6 Å². The second-order valence-electron chi connectivity index (χ2n) is 10.7. The van der Waals surface area contributed by atoms with E-state index in [1.807, 2.05) is 24.4 Å². The predicted octanol–water partition coefficient (Wildman–Crippen LogP) is 4.38. The maximum Gasteiger partial charge on any atom is 0.255 e. The van der Waals surface area contributed by atoms with E-state index in [1.165, 1.54) is 17.7 Å². The third kappa shape index (κ3) is 5.56. The van der Waals surface area contributed by atoms with Crippen molar-refractivity contribution in [2.45, 2.75) is 38.6 Å². The monoisotopic (exact) mass is 544 g/mol. The number of benzene rings is 2. The van der Waals surface area contributed by atoms with Gasteiger partial charge in [0, 0.05) is 51.5 Å². The molecule has 1 fully saturated rings. The molecule has 0 saturated carbocycles. The summed E-state index contributed by atoms with van der Waals surface area (Å²) in [5.41, 5.74) is 5.41. The fourth-order valence-corrected chi connectivity index (χ4v) is 5.84. The number of carbonyl (C=O) groups excluding carboxylic acids is 1. The van der Waals surface area contributed by atoms with Gasteiger partial charge in [-0.05, 0) is 55.4 Å². The Kier molecular flexibility index (Phi) is 7.73. The van der Waals surface area contributed by atoms with Crippen LogP contribution in [0.25, 0.3) is 11.0 Å². The Hall–Kier alpha value is -3.85. The average Bonchev–Trinajstić information content (AvgIpc) is 3.32. The lowest BCUT2D eigenvalue weighted by atomic mass is 10.1. The van der Waals surface area contributed by atoms with Crippen LogP contribution in [-0.2, 0) is 25.8 Å². The molecule has 6 rings (SSSR count). The van der Waals surface area contributed by atoms with Crippen LogP contribution in [0.4, 0.5) is 14.7 Å². The number of carbonyl (C=O) groups is 1. The maximum atomic E-state index is 13.5. The standard InChI is InChI=1S/C31H34F2N6O/c32-24-10-9-23(20-25(24)33)12-15-37-16-18-38(19-17-37)31-35-21-27-29(36-31)28(26-8-4-5-14-39(26)27)30(40)34-13-11-22-6-2-1-3-7-22/h1-3,6-7,9-10,20-21H,4-5,8,11-19H2,(H,34,40). The third-order valence-corrected chi connectivity index (χ3v) is 8.07. The van der Waals surface area contributed by atoms with E-state index in [-0.39, 0.29) is 5.91 Å². The zero-order chi connectivity index (χ0) is 27.5. The van der Waals surface area contributed by atoms with E-state index < -0.39 is 11.6 Å². The molecule has 2 aliphatic rings. The van der Waals surface area contributed by atoms with Crippen LogP contribution in [0.2, 0.25) is 0 Å². The second kappa shape index (κ2) is 11.7. The molecular weight excluding hydrogens is 510 g/mol. The van der Waals surface area contributed by atoms with Crippen LogP contribution < -0.4 is 10.2 Å². The van der Waals surface area contributed by atoms with Gasteiger partial charge < -0.3 is 14.8 Å². The van der Waals surface area contributed by atoms with Crippen molar-refractivity contribution >= 4 is 22.9 Å². The molecule has 0 radical (unpaired) electrons. The largest absolute Gasteiger partial charge is 0.352 e. The fourth-order valence-electron chi connectivity index (χ4n) is 5.84. The van der Waals surface area contributed by atoms with Gasteiger partial charge in [-0.25, -0.2) is 18.7 Å². The lowest BCUT2D eigenvalue weighted by molar-refractivity contribution is 0.0954. The summed E-state index contributed by atoms with van der Waals surface area (Å²) >= 11 is 0. The number of aromatic nitrogens is 3.